The highest BCUT2D eigenvalue weighted by atomic mass is 35.5. The molecule has 0 atom stereocenters. The molecule has 0 saturated carbocycles. The van der Waals surface area contributed by atoms with Crippen molar-refractivity contribution in [3.63, 3.8) is 0 Å². The minimum atomic E-state index is -0.460. The summed E-state index contributed by atoms with van der Waals surface area (Å²) in [6.45, 7) is 3.72. The van der Waals surface area contributed by atoms with E-state index in [1.807, 2.05) is 62.5 Å². The standard InChI is InChI=1S/C24H20ClN3O2/c1-15-14-20(21-12-13-28(27-21)19-6-4-3-5-7-19)22(26)16(2)23(15)30-24(29)17-8-10-18(25)11-9-17/h3-14H,26H2,1-2H3. The summed E-state index contributed by atoms with van der Waals surface area (Å²) in [5, 5.41) is 5.21. The molecular weight excluding hydrogens is 398 g/mol. The van der Waals surface area contributed by atoms with Crippen LogP contribution in [0.15, 0.2) is 72.9 Å². The molecule has 2 N–H and O–H groups in total. The van der Waals surface area contributed by atoms with E-state index in [9.17, 15) is 4.79 Å². The second kappa shape index (κ2) is 8.05. The van der Waals surface area contributed by atoms with E-state index in [0.717, 1.165) is 22.5 Å². The quantitative estimate of drug-likeness (QED) is 0.266. The minimum Gasteiger partial charge on any atom is -0.422 e. The summed E-state index contributed by atoms with van der Waals surface area (Å²) in [4.78, 5) is 12.5. The molecule has 5 nitrogen and oxygen atoms in total. The first-order chi connectivity index (χ1) is 14.4. The van der Waals surface area contributed by atoms with Crippen molar-refractivity contribution in [2.45, 2.75) is 13.8 Å². The highest BCUT2D eigenvalue weighted by Gasteiger charge is 2.18. The summed E-state index contributed by atoms with van der Waals surface area (Å²) in [5.41, 5.74) is 11.4. The van der Waals surface area contributed by atoms with Crippen molar-refractivity contribution in [3.8, 4) is 22.7 Å². The zero-order valence-electron chi connectivity index (χ0n) is 16.6. The van der Waals surface area contributed by atoms with E-state index >= 15 is 0 Å². The lowest BCUT2D eigenvalue weighted by atomic mass is 10.0. The first kappa shape index (κ1) is 19.7. The maximum atomic E-state index is 12.5. The number of hydrogen-bond donors (Lipinski definition) is 1. The summed E-state index contributed by atoms with van der Waals surface area (Å²) in [6.07, 6.45) is 1.89. The van der Waals surface area contributed by atoms with E-state index in [-0.39, 0.29) is 0 Å². The molecule has 0 aliphatic rings. The van der Waals surface area contributed by atoms with Crippen LogP contribution >= 0.6 is 11.6 Å². The normalized spacial score (nSPS) is 10.8. The molecule has 150 valence electrons. The fraction of sp³-hybridized carbons (Fsp3) is 0.0833. The van der Waals surface area contributed by atoms with E-state index in [0.29, 0.717) is 27.6 Å². The van der Waals surface area contributed by atoms with Crippen LogP contribution in [0.1, 0.15) is 21.5 Å². The Kier molecular flexibility index (Phi) is 5.29. The predicted octanol–water partition coefficient (Wildman–Crippen LogP) is 5.61. The molecule has 0 fully saturated rings. The molecule has 1 aromatic heterocycles. The van der Waals surface area contributed by atoms with Gasteiger partial charge in [-0.15, -0.1) is 0 Å². The van der Waals surface area contributed by atoms with Gasteiger partial charge in [-0.05, 0) is 67.9 Å². The molecule has 1 heterocycles. The molecule has 0 spiro atoms. The average Bonchev–Trinajstić information content (AvgIpc) is 3.25. The lowest BCUT2D eigenvalue weighted by Crippen LogP contribution is -2.11. The number of anilines is 1. The molecule has 0 unspecified atom stereocenters. The third-order valence-electron chi connectivity index (χ3n) is 4.91. The van der Waals surface area contributed by atoms with Gasteiger partial charge in [-0.2, -0.15) is 5.10 Å². The highest BCUT2D eigenvalue weighted by Crippen LogP contribution is 2.36. The van der Waals surface area contributed by atoms with Gasteiger partial charge >= 0.3 is 5.97 Å². The number of aryl methyl sites for hydroxylation is 1. The highest BCUT2D eigenvalue weighted by molar-refractivity contribution is 6.30. The van der Waals surface area contributed by atoms with Crippen LogP contribution < -0.4 is 10.5 Å². The first-order valence-electron chi connectivity index (χ1n) is 9.43. The zero-order valence-corrected chi connectivity index (χ0v) is 17.4. The molecule has 3 aromatic carbocycles. The number of aromatic nitrogens is 2. The van der Waals surface area contributed by atoms with Gasteiger partial charge in [0.15, 0.2) is 0 Å². The van der Waals surface area contributed by atoms with Gasteiger partial charge in [0.1, 0.15) is 5.75 Å². The third-order valence-corrected chi connectivity index (χ3v) is 5.17. The number of carbonyl (C=O) groups is 1. The molecule has 0 amide bonds. The van der Waals surface area contributed by atoms with Crippen LogP contribution in [0.4, 0.5) is 5.69 Å². The summed E-state index contributed by atoms with van der Waals surface area (Å²) in [5.74, 6) is -0.00272. The largest absolute Gasteiger partial charge is 0.422 e. The lowest BCUT2D eigenvalue weighted by molar-refractivity contribution is 0.0732. The van der Waals surface area contributed by atoms with Crippen molar-refractivity contribution in [1.29, 1.82) is 0 Å². The Morgan fingerprint density at radius 2 is 1.73 bits per heavy atom. The molecular formula is C24H20ClN3O2. The van der Waals surface area contributed by atoms with Crippen molar-refractivity contribution < 1.29 is 9.53 Å². The maximum Gasteiger partial charge on any atom is 0.343 e. The smallest absolute Gasteiger partial charge is 0.343 e. The molecule has 0 aliphatic heterocycles. The van der Waals surface area contributed by atoms with Crippen LogP contribution in [0, 0.1) is 13.8 Å². The number of rotatable bonds is 4. The van der Waals surface area contributed by atoms with E-state index < -0.39 is 5.97 Å². The third kappa shape index (κ3) is 3.80. The summed E-state index contributed by atoms with van der Waals surface area (Å²) < 4.78 is 7.46. The van der Waals surface area contributed by atoms with E-state index in [1.165, 1.54) is 0 Å². The van der Waals surface area contributed by atoms with Gasteiger partial charge < -0.3 is 10.5 Å². The Morgan fingerprint density at radius 1 is 1.03 bits per heavy atom. The van der Waals surface area contributed by atoms with Gasteiger partial charge in [-0.25, -0.2) is 9.48 Å². The van der Waals surface area contributed by atoms with Crippen molar-refractivity contribution >= 4 is 23.3 Å². The topological polar surface area (TPSA) is 70.1 Å². The van der Waals surface area contributed by atoms with Gasteiger partial charge in [0.05, 0.1) is 16.9 Å². The van der Waals surface area contributed by atoms with Crippen molar-refractivity contribution in [1.82, 2.24) is 9.78 Å². The molecule has 0 aliphatic carbocycles. The summed E-state index contributed by atoms with van der Waals surface area (Å²) >= 11 is 5.89. The van der Waals surface area contributed by atoms with E-state index in [2.05, 4.69) is 5.10 Å². The van der Waals surface area contributed by atoms with Gasteiger partial charge in [-0.1, -0.05) is 29.8 Å². The molecule has 0 bridgehead atoms. The van der Waals surface area contributed by atoms with E-state index in [1.54, 1.807) is 28.9 Å². The lowest BCUT2D eigenvalue weighted by Gasteiger charge is -2.15. The Balaban J connectivity index is 1.66. The SMILES string of the molecule is Cc1cc(-c2ccn(-c3ccccc3)n2)c(N)c(C)c1OC(=O)c1ccc(Cl)cc1. The predicted molar refractivity (Wildman–Crippen MR) is 119 cm³/mol. The number of halogens is 1. The summed E-state index contributed by atoms with van der Waals surface area (Å²) in [7, 11) is 0. The van der Waals surface area contributed by atoms with Crippen LogP contribution in [0.5, 0.6) is 5.75 Å². The van der Waals surface area contributed by atoms with E-state index in [4.69, 9.17) is 22.1 Å². The van der Waals surface area contributed by atoms with Gasteiger partial charge in [-0.3, -0.25) is 0 Å². The molecule has 30 heavy (non-hydrogen) atoms. The fourth-order valence-corrected chi connectivity index (χ4v) is 3.40. The fourth-order valence-electron chi connectivity index (χ4n) is 3.28. The number of nitrogen functional groups attached to an aromatic ring is 1. The van der Waals surface area contributed by atoms with Crippen LogP contribution in [-0.4, -0.2) is 15.7 Å². The van der Waals surface area contributed by atoms with Gasteiger partial charge in [0.2, 0.25) is 0 Å². The van der Waals surface area contributed by atoms with Gasteiger partial charge in [0.25, 0.3) is 0 Å². The number of hydrogen-bond acceptors (Lipinski definition) is 4. The monoisotopic (exact) mass is 417 g/mol. The zero-order chi connectivity index (χ0) is 21.3. The molecule has 6 heteroatoms. The molecule has 0 radical (unpaired) electrons. The Morgan fingerprint density at radius 3 is 2.43 bits per heavy atom. The van der Waals surface area contributed by atoms with Crippen LogP contribution in [0.2, 0.25) is 5.02 Å². The molecule has 4 aromatic rings. The number of carbonyl (C=O) groups excluding carboxylic acids is 1. The number of para-hydroxylation sites is 1. The number of nitrogens with zero attached hydrogens (tertiary/aromatic N) is 2. The molecule has 0 saturated heterocycles. The van der Waals surface area contributed by atoms with Crippen LogP contribution in [0.25, 0.3) is 16.9 Å². The van der Waals surface area contributed by atoms with Crippen molar-refractivity contribution in [3.05, 3.63) is 94.6 Å². The number of benzene rings is 3. The number of nitrogens with two attached hydrogens (primary N) is 1. The van der Waals surface area contributed by atoms with Gasteiger partial charge in [0, 0.05) is 28.0 Å². The van der Waals surface area contributed by atoms with Crippen molar-refractivity contribution in [2.24, 2.45) is 0 Å². The summed E-state index contributed by atoms with van der Waals surface area (Å²) in [6, 6.07) is 20.2. The second-order valence-electron chi connectivity index (χ2n) is 6.99. The minimum absolute atomic E-state index is 0.419. The Bertz CT molecular complexity index is 1220. The first-order valence-corrected chi connectivity index (χ1v) is 9.80. The number of ether oxygens (including phenoxy) is 1. The van der Waals surface area contributed by atoms with Crippen molar-refractivity contribution in [2.75, 3.05) is 5.73 Å². The molecule has 4 rings (SSSR count). The second-order valence-corrected chi connectivity index (χ2v) is 7.42. The average molecular weight is 418 g/mol. The number of esters is 1. The van der Waals surface area contributed by atoms with Crippen LogP contribution in [-0.2, 0) is 0 Å². The maximum absolute atomic E-state index is 12.5. The Labute approximate surface area is 179 Å². The Hall–Kier alpha value is -3.57. The van der Waals surface area contributed by atoms with Crippen LogP contribution in [0.3, 0.4) is 0 Å².